The van der Waals surface area contributed by atoms with E-state index in [9.17, 15) is 18.0 Å². The van der Waals surface area contributed by atoms with Crippen LogP contribution in [-0.2, 0) is 5.66 Å². The molecule has 0 spiro atoms. The number of nitrogens with two attached hydrogens (primary N) is 1. The lowest BCUT2D eigenvalue weighted by Gasteiger charge is -2.37. The Morgan fingerprint density at radius 1 is 1.17 bits per heavy atom. The van der Waals surface area contributed by atoms with Gasteiger partial charge in [-0.25, -0.2) is 4.79 Å². The third-order valence-electron chi connectivity index (χ3n) is 2.62. The molecule has 0 aliphatic carbocycles. The number of urea groups is 1. The van der Waals surface area contributed by atoms with E-state index in [2.05, 4.69) is 5.32 Å². The molecule has 1 unspecified atom stereocenters. The number of halogens is 3. The Hall–Kier alpha value is -2.02. The van der Waals surface area contributed by atoms with Crippen LogP contribution in [0.1, 0.15) is 5.56 Å². The van der Waals surface area contributed by atoms with Crippen LogP contribution in [0.4, 0.5) is 18.0 Å². The monoisotopic (exact) mass is 257 g/mol. The molecular formula is C11H10F3N3O. The van der Waals surface area contributed by atoms with Crippen molar-refractivity contribution in [2.45, 2.75) is 11.8 Å². The van der Waals surface area contributed by atoms with Crippen LogP contribution in [0.15, 0.2) is 42.1 Å². The molecule has 0 bridgehead atoms. The van der Waals surface area contributed by atoms with Crippen LogP contribution < -0.4 is 16.4 Å². The second kappa shape index (κ2) is 4.02. The summed E-state index contributed by atoms with van der Waals surface area (Å²) in [6.45, 7) is 0. The molecular weight excluding hydrogens is 247 g/mol. The molecule has 1 atom stereocenters. The minimum atomic E-state index is -4.65. The van der Waals surface area contributed by atoms with Crippen LogP contribution in [0.2, 0.25) is 0 Å². The summed E-state index contributed by atoms with van der Waals surface area (Å²) in [5.74, 6) is 0. The minimum Gasteiger partial charge on any atom is -0.314 e. The molecule has 0 fully saturated rings. The molecule has 96 valence electrons. The fourth-order valence-corrected chi connectivity index (χ4v) is 1.77. The molecule has 18 heavy (non-hydrogen) atoms. The summed E-state index contributed by atoms with van der Waals surface area (Å²) >= 11 is 0. The van der Waals surface area contributed by atoms with Crippen molar-refractivity contribution in [2.24, 2.45) is 5.73 Å². The van der Waals surface area contributed by atoms with Crippen molar-refractivity contribution in [3.8, 4) is 0 Å². The highest BCUT2D eigenvalue weighted by Gasteiger charge is 2.50. The maximum Gasteiger partial charge on any atom is 0.417 e. The lowest BCUT2D eigenvalue weighted by Crippen LogP contribution is -2.62. The van der Waals surface area contributed by atoms with Gasteiger partial charge in [0.15, 0.2) is 0 Å². The Labute approximate surface area is 101 Å². The second-order valence-corrected chi connectivity index (χ2v) is 3.83. The average molecular weight is 257 g/mol. The molecule has 2 rings (SSSR count). The highest BCUT2D eigenvalue weighted by atomic mass is 19.4. The number of nitrogens with one attached hydrogen (secondary N) is 2. The van der Waals surface area contributed by atoms with E-state index in [1.807, 2.05) is 5.32 Å². The SMILES string of the molecule is NC1(c2ccccc2)NC(=O)NC=C1C(F)(F)F. The average Bonchev–Trinajstić information content (AvgIpc) is 2.28. The van der Waals surface area contributed by atoms with Crippen LogP contribution in [0, 0.1) is 0 Å². The Kier molecular flexibility index (Phi) is 2.78. The first-order valence-electron chi connectivity index (χ1n) is 5.05. The smallest absolute Gasteiger partial charge is 0.314 e. The third kappa shape index (κ3) is 2.04. The van der Waals surface area contributed by atoms with Gasteiger partial charge in [-0.15, -0.1) is 0 Å². The van der Waals surface area contributed by atoms with Gasteiger partial charge in [0.05, 0.1) is 5.57 Å². The van der Waals surface area contributed by atoms with Gasteiger partial charge >= 0.3 is 12.2 Å². The number of hydrogen-bond donors (Lipinski definition) is 3. The van der Waals surface area contributed by atoms with Gasteiger partial charge < -0.3 is 16.4 Å². The van der Waals surface area contributed by atoms with Gasteiger partial charge in [0.2, 0.25) is 0 Å². The van der Waals surface area contributed by atoms with E-state index >= 15 is 0 Å². The maximum atomic E-state index is 12.9. The summed E-state index contributed by atoms with van der Waals surface area (Å²) in [5.41, 5.74) is 2.76. The quantitative estimate of drug-likeness (QED) is 0.714. The molecule has 2 amide bonds. The van der Waals surface area contributed by atoms with Gasteiger partial charge in [-0.05, 0) is 5.56 Å². The van der Waals surface area contributed by atoms with Gasteiger partial charge in [0.1, 0.15) is 5.66 Å². The van der Waals surface area contributed by atoms with Crippen LogP contribution in [0.3, 0.4) is 0 Å². The van der Waals surface area contributed by atoms with Crippen molar-refractivity contribution in [1.29, 1.82) is 0 Å². The first kappa shape index (κ1) is 12.4. The number of carbonyl (C=O) groups excluding carboxylic acids is 1. The summed E-state index contributed by atoms with van der Waals surface area (Å²) in [6, 6.07) is 6.80. The molecule has 0 saturated heterocycles. The first-order valence-corrected chi connectivity index (χ1v) is 5.05. The van der Waals surface area contributed by atoms with Crippen molar-refractivity contribution in [2.75, 3.05) is 0 Å². The zero-order valence-corrected chi connectivity index (χ0v) is 9.08. The zero-order chi connectivity index (χ0) is 13.4. The summed E-state index contributed by atoms with van der Waals surface area (Å²) in [6.07, 6.45) is -4.06. The zero-order valence-electron chi connectivity index (χ0n) is 9.08. The van der Waals surface area contributed by atoms with E-state index in [1.165, 1.54) is 12.1 Å². The topological polar surface area (TPSA) is 67.1 Å². The third-order valence-corrected chi connectivity index (χ3v) is 2.62. The first-order chi connectivity index (χ1) is 8.34. The molecule has 0 radical (unpaired) electrons. The molecule has 4 N–H and O–H groups in total. The van der Waals surface area contributed by atoms with E-state index in [4.69, 9.17) is 5.73 Å². The van der Waals surface area contributed by atoms with Crippen LogP contribution in [-0.4, -0.2) is 12.2 Å². The molecule has 1 aliphatic rings. The van der Waals surface area contributed by atoms with Crippen molar-refractivity contribution >= 4 is 6.03 Å². The second-order valence-electron chi connectivity index (χ2n) is 3.83. The number of rotatable bonds is 1. The molecule has 1 heterocycles. The van der Waals surface area contributed by atoms with E-state index in [0.717, 1.165) is 0 Å². The molecule has 0 saturated carbocycles. The van der Waals surface area contributed by atoms with E-state index < -0.39 is 23.4 Å². The standard InChI is InChI=1S/C11H10F3N3O/c12-11(13,14)8-6-16-9(18)17-10(8,15)7-4-2-1-3-5-7/h1-6H,15H2,(H2,16,17,18). The molecule has 1 aliphatic heterocycles. The van der Waals surface area contributed by atoms with Gasteiger partial charge in [-0.3, -0.25) is 0 Å². The van der Waals surface area contributed by atoms with E-state index in [0.29, 0.717) is 6.20 Å². The van der Waals surface area contributed by atoms with Crippen molar-refractivity contribution in [3.63, 3.8) is 0 Å². The fraction of sp³-hybridized carbons (Fsp3) is 0.182. The highest BCUT2D eigenvalue weighted by molar-refractivity contribution is 5.78. The summed E-state index contributed by atoms with van der Waals surface area (Å²) in [4.78, 5) is 11.2. The molecule has 4 nitrogen and oxygen atoms in total. The number of carbonyl (C=O) groups is 1. The summed E-state index contributed by atoms with van der Waals surface area (Å²) < 4.78 is 38.7. The predicted octanol–water partition coefficient (Wildman–Crippen LogP) is 1.56. The van der Waals surface area contributed by atoms with Gasteiger partial charge in [0, 0.05) is 6.20 Å². The number of amides is 2. The van der Waals surface area contributed by atoms with E-state index in [-0.39, 0.29) is 5.56 Å². The Bertz CT molecular complexity index is 498. The Morgan fingerprint density at radius 3 is 2.33 bits per heavy atom. The lowest BCUT2D eigenvalue weighted by molar-refractivity contribution is -0.103. The normalized spacial score (nSPS) is 24.0. The van der Waals surface area contributed by atoms with Crippen molar-refractivity contribution in [1.82, 2.24) is 10.6 Å². The largest absolute Gasteiger partial charge is 0.417 e. The maximum absolute atomic E-state index is 12.9. The van der Waals surface area contributed by atoms with Gasteiger partial charge in [-0.2, -0.15) is 13.2 Å². The molecule has 1 aromatic carbocycles. The van der Waals surface area contributed by atoms with Crippen LogP contribution in [0.25, 0.3) is 0 Å². The number of hydrogen-bond acceptors (Lipinski definition) is 2. The van der Waals surface area contributed by atoms with Crippen molar-refractivity contribution in [3.05, 3.63) is 47.7 Å². The van der Waals surface area contributed by atoms with Gasteiger partial charge in [-0.1, -0.05) is 30.3 Å². The van der Waals surface area contributed by atoms with E-state index in [1.54, 1.807) is 18.2 Å². The predicted molar refractivity (Wildman–Crippen MR) is 58.1 cm³/mol. The lowest BCUT2D eigenvalue weighted by atomic mass is 9.91. The fourth-order valence-electron chi connectivity index (χ4n) is 1.77. The van der Waals surface area contributed by atoms with Crippen LogP contribution >= 0.6 is 0 Å². The van der Waals surface area contributed by atoms with Crippen LogP contribution in [0.5, 0.6) is 0 Å². The van der Waals surface area contributed by atoms with Crippen molar-refractivity contribution < 1.29 is 18.0 Å². The number of alkyl halides is 3. The van der Waals surface area contributed by atoms with Gasteiger partial charge in [0.25, 0.3) is 0 Å². The molecule has 7 heteroatoms. The summed E-state index contributed by atoms with van der Waals surface area (Å²) in [7, 11) is 0. The molecule has 1 aromatic rings. The number of benzene rings is 1. The Balaban J connectivity index is 2.54. The molecule has 0 aromatic heterocycles. The Morgan fingerprint density at radius 2 is 1.78 bits per heavy atom. The highest BCUT2D eigenvalue weighted by Crippen LogP contribution is 2.37. The summed E-state index contributed by atoms with van der Waals surface area (Å²) in [5, 5.41) is 4.06. The minimum absolute atomic E-state index is 0.156.